The normalized spacial score (nSPS) is 17.9. The van der Waals surface area contributed by atoms with E-state index >= 15 is 0 Å². The van der Waals surface area contributed by atoms with Crippen LogP contribution in [0.15, 0.2) is 18.2 Å². The van der Waals surface area contributed by atoms with Gasteiger partial charge in [0.15, 0.2) is 11.5 Å². The van der Waals surface area contributed by atoms with Gasteiger partial charge in [-0.25, -0.2) is 5.43 Å². The van der Waals surface area contributed by atoms with E-state index in [1.54, 1.807) is 0 Å². The zero-order chi connectivity index (χ0) is 14.8. The fraction of sp³-hybridized carbons (Fsp3) is 0.300. The number of hydrazine groups is 1. The predicted molar refractivity (Wildman–Crippen MR) is 56.8 cm³/mol. The monoisotopic (exact) mass is 230 g/mol. The third-order valence-corrected chi connectivity index (χ3v) is 2.12. The predicted octanol–water partition coefficient (Wildman–Crippen LogP) is -0.0531. The Morgan fingerprint density at radius 3 is 2.69 bits per heavy atom. The summed E-state index contributed by atoms with van der Waals surface area (Å²) in [5.74, 6) is 2.61. The summed E-state index contributed by atoms with van der Waals surface area (Å²) in [5, 5.41) is 27.6. The molecule has 1 aromatic carbocycles. The topological polar surface area (TPSA) is 116 Å². The molecule has 0 aromatic heterocycles. The summed E-state index contributed by atoms with van der Waals surface area (Å²) in [6, 6.07) is 3.51. The van der Waals surface area contributed by atoms with E-state index in [1.807, 2.05) is 5.43 Å². The fourth-order valence-corrected chi connectivity index (χ4v) is 1.17. The standard InChI is InChI=1S/C10H14N2O4/c1-10(12-11,9(15)16)5-6-2-3-7(13)8(14)4-6/h2-4,12-14H,5,11H2,1H3,(H,15,16)/i1+1D3. The van der Waals surface area contributed by atoms with E-state index in [0.29, 0.717) is 0 Å². The molecule has 1 rings (SSSR count). The van der Waals surface area contributed by atoms with E-state index in [9.17, 15) is 9.90 Å². The molecule has 1 aromatic rings. The van der Waals surface area contributed by atoms with Gasteiger partial charge in [-0.2, -0.15) is 0 Å². The SMILES string of the molecule is [2H][13C]([2H])([2H])C(Cc1ccc(O)c(O)c1)(NN)C(=O)O. The second-order valence-corrected chi connectivity index (χ2v) is 3.35. The zero-order valence-electron chi connectivity index (χ0n) is 11.3. The largest absolute Gasteiger partial charge is 0.504 e. The summed E-state index contributed by atoms with van der Waals surface area (Å²) in [4.78, 5) is 11.2. The number of carboxylic acid groups (broad SMARTS) is 1. The van der Waals surface area contributed by atoms with E-state index in [4.69, 9.17) is 20.2 Å². The van der Waals surface area contributed by atoms with E-state index < -0.39 is 30.5 Å². The highest BCUT2D eigenvalue weighted by Crippen LogP contribution is 2.26. The number of hydrogen-bond donors (Lipinski definition) is 5. The highest BCUT2D eigenvalue weighted by atomic mass is 16.4. The highest BCUT2D eigenvalue weighted by molar-refractivity contribution is 5.78. The van der Waals surface area contributed by atoms with E-state index in [0.717, 1.165) is 12.1 Å². The minimum Gasteiger partial charge on any atom is -0.504 e. The van der Waals surface area contributed by atoms with Crippen LogP contribution in [0.1, 0.15) is 16.5 Å². The van der Waals surface area contributed by atoms with Crippen molar-refractivity contribution in [3.8, 4) is 11.5 Å². The lowest BCUT2D eigenvalue weighted by Gasteiger charge is -2.23. The molecule has 6 heteroatoms. The van der Waals surface area contributed by atoms with Crippen LogP contribution >= 0.6 is 0 Å². The molecule has 0 aliphatic rings. The number of carbonyl (C=O) groups is 1. The maximum atomic E-state index is 11.2. The third kappa shape index (κ3) is 2.41. The Hall–Kier alpha value is -1.79. The maximum absolute atomic E-state index is 11.2. The van der Waals surface area contributed by atoms with Crippen molar-refractivity contribution in [2.45, 2.75) is 18.8 Å². The number of phenols is 2. The maximum Gasteiger partial charge on any atom is 0.325 e. The van der Waals surface area contributed by atoms with Crippen LogP contribution in [-0.4, -0.2) is 26.8 Å². The summed E-state index contributed by atoms with van der Waals surface area (Å²) in [7, 11) is 0. The molecule has 0 spiro atoms. The lowest BCUT2D eigenvalue weighted by molar-refractivity contribution is -0.144. The van der Waals surface area contributed by atoms with Gasteiger partial charge in [-0.15, -0.1) is 0 Å². The molecule has 0 saturated heterocycles. The number of benzene rings is 1. The molecule has 0 aliphatic heterocycles. The smallest absolute Gasteiger partial charge is 0.325 e. The van der Waals surface area contributed by atoms with Gasteiger partial charge in [-0.05, 0) is 24.5 Å². The van der Waals surface area contributed by atoms with Crippen molar-refractivity contribution in [2.75, 3.05) is 0 Å². The third-order valence-electron chi connectivity index (χ3n) is 2.12. The van der Waals surface area contributed by atoms with Crippen LogP contribution in [0.3, 0.4) is 0 Å². The Morgan fingerprint density at radius 1 is 1.56 bits per heavy atom. The Balaban J connectivity index is 3.21. The van der Waals surface area contributed by atoms with Crippen LogP contribution in [0, 0.1) is 0 Å². The second kappa shape index (κ2) is 4.38. The Bertz CT molecular complexity index is 492. The van der Waals surface area contributed by atoms with Crippen LogP contribution < -0.4 is 11.3 Å². The molecule has 1 atom stereocenters. The minimum absolute atomic E-state index is 0.201. The van der Waals surface area contributed by atoms with Gasteiger partial charge < -0.3 is 15.3 Å². The van der Waals surface area contributed by atoms with E-state index in [2.05, 4.69) is 0 Å². The van der Waals surface area contributed by atoms with Crippen LogP contribution in [0.5, 0.6) is 11.5 Å². The van der Waals surface area contributed by atoms with Crippen LogP contribution in [0.25, 0.3) is 0 Å². The average Bonchev–Trinajstić information content (AvgIpc) is 2.28. The molecule has 0 saturated carbocycles. The molecule has 0 amide bonds. The lowest BCUT2D eigenvalue weighted by atomic mass is 9.98. The molecule has 0 heterocycles. The molecule has 6 nitrogen and oxygen atoms in total. The molecule has 6 N–H and O–H groups in total. The van der Waals surface area contributed by atoms with Crippen molar-refractivity contribution in [1.29, 1.82) is 0 Å². The molecule has 0 bridgehead atoms. The highest BCUT2D eigenvalue weighted by Gasteiger charge is 2.32. The van der Waals surface area contributed by atoms with Gasteiger partial charge in [0.2, 0.25) is 0 Å². The van der Waals surface area contributed by atoms with Gasteiger partial charge in [0.25, 0.3) is 0 Å². The second-order valence-electron chi connectivity index (χ2n) is 3.35. The Kier molecular flexibility index (Phi) is 2.29. The first kappa shape index (κ1) is 8.37. The number of hydrogen-bond acceptors (Lipinski definition) is 5. The molecule has 0 radical (unpaired) electrons. The van der Waals surface area contributed by atoms with Gasteiger partial charge in [0, 0.05) is 10.5 Å². The first-order chi connectivity index (χ1) is 8.64. The lowest BCUT2D eigenvalue weighted by Crippen LogP contribution is -2.54. The number of phenolic OH excluding ortho intramolecular Hbond substituents is 2. The summed E-state index contributed by atoms with van der Waals surface area (Å²) >= 11 is 0. The van der Waals surface area contributed by atoms with Gasteiger partial charge in [-0.1, -0.05) is 6.07 Å². The van der Waals surface area contributed by atoms with Crippen LogP contribution in [0.2, 0.25) is 0 Å². The quantitative estimate of drug-likeness (QED) is 0.214. The van der Waals surface area contributed by atoms with Crippen molar-refractivity contribution in [3.63, 3.8) is 0 Å². The number of nitrogens with two attached hydrogens (primary N) is 1. The molecule has 88 valence electrons. The molecule has 0 aliphatic carbocycles. The molecule has 16 heavy (non-hydrogen) atoms. The van der Waals surface area contributed by atoms with Crippen molar-refractivity contribution in [3.05, 3.63) is 23.8 Å². The molecular formula is C10H14N2O4. The number of rotatable bonds is 4. The first-order valence-corrected chi connectivity index (χ1v) is 4.36. The van der Waals surface area contributed by atoms with Crippen molar-refractivity contribution in [2.24, 2.45) is 5.84 Å². The summed E-state index contributed by atoms with van der Waals surface area (Å²) in [6.07, 6.45) is -0.483. The van der Waals surface area contributed by atoms with E-state index in [1.165, 1.54) is 6.07 Å². The number of nitrogens with one attached hydrogen (secondary N) is 1. The van der Waals surface area contributed by atoms with Gasteiger partial charge in [0.1, 0.15) is 5.54 Å². The Morgan fingerprint density at radius 2 is 2.25 bits per heavy atom. The van der Waals surface area contributed by atoms with Crippen molar-refractivity contribution < 1.29 is 24.2 Å². The summed E-state index contributed by atoms with van der Waals surface area (Å²) < 4.78 is 21.9. The summed E-state index contributed by atoms with van der Waals surface area (Å²) in [5.41, 5.74) is -0.346. The van der Waals surface area contributed by atoms with E-state index in [-0.39, 0.29) is 11.3 Å². The van der Waals surface area contributed by atoms with Crippen molar-refractivity contribution >= 4 is 5.97 Å². The van der Waals surface area contributed by atoms with Gasteiger partial charge >= 0.3 is 5.97 Å². The zero-order valence-corrected chi connectivity index (χ0v) is 8.27. The molecular weight excluding hydrogens is 213 g/mol. The Labute approximate surface area is 96.5 Å². The number of aromatic hydroxyl groups is 2. The van der Waals surface area contributed by atoms with Crippen LogP contribution in [0.4, 0.5) is 0 Å². The fourth-order valence-electron chi connectivity index (χ4n) is 1.17. The van der Waals surface area contributed by atoms with Crippen LogP contribution in [-0.2, 0) is 11.2 Å². The van der Waals surface area contributed by atoms with Gasteiger partial charge in [0.05, 0.1) is 0 Å². The molecule has 1 unspecified atom stereocenters. The minimum atomic E-state index is -2.90. The summed E-state index contributed by atoms with van der Waals surface area (Å²) in [6.45, 7) is -2.90. The number of aliphatic carboxylic acids is 1. The molecule has 0 fully saturated rings. The average molecular weight is 230 g/mol. The van der Waals surface area contributed by atoms with Crippen molar-refractivity contribution in [1.82, 2.24) is 5.43 Å². The van der Waals surface area contributed by atoms with Gasteiger partial charge in [-0.3, -0.25) is 10.6 Å². The first-order valence-electron chi connectivity index (χ1n) is 5.86. The number of carboxylic acids is 1.